The maximum atomic E-state index is 5.58. The third-order valence-electron chi connectivity index (χ3n) is 1.84. The average Bonchev–Trinajstić information content (AvgIpc) is 2.12. The van der Waals surface area contributed by atoms with Gasteiger partial charge in [0, 0.05) is 0 Å². The Labute approximate surface area is 61.4 Å². The lowest BCUT2D eigenvalue weighted by molar-refractivity contribution is -0.0537. The van der Waals surface area contributed by atoms with Gasteiger partial charge in [0.25, 0.3) is 0 Å². The van der Waals surface area contributed by atoms with Crippen LogP contribution < -0.4 is 5.90 Å². The monoisotopic (exact) mass is 145 g/mol. The lowest BCUT2D eigenvalue weighted by Crippen LogP contribution is -2.23. The van der Waals surface area contributed by atoms with Gasteiger partial charge in [0.05, 0.1) is 18.3 Å². The summed E-state index contributed by atoms with van der Waals surface area (Å²) < 4.78 is 5.58. The van der Waals surface area contributed by atoms with Crippen molar-refractivity contribution in [3.05, 3.63) is 0 Å². The molecule has 1 atom stereocenters. The fraction of sp³-hybridized carbons (Fsp3) is 1.00. The molecule has 0 aromatic rings. The molecule has 3 nitrogen and oxygen atoms in total. The van der Waals surface area contributed by atoms with E-state index in [-0.39, 0.29) is 11.7 Å². The van der Waals surface area contributed by atoms with Crippen molar-refractivity contribution < 1.29 is 9.57 Å². The fourth-order valence-electron chi connectivity index (χ4n) is 1.30. The van der Waals surface area contributed by atoms with Gasteiger partial charge < -0.3 is 9.57 Å². The normalized spacial score (nSPS) is 30.9. The highest BCUT2D eigenvalue weighted by Crippen LogP contribution is 2.28. The van der Waals surface area contributed by atoms with E-state index in [4.69, 9.17) is 10.6 Å². The molecule has 2 N–H and O–H groups in total. The summed E-state index contributed by atoms with van der Waals surface area (Å²) in [5, 5.41) is 0. The molecule has 3 heteroatoms. The number of ether oxygens (including phenoxy) is 1. The van der Waals surface area contributed by atoms with Crippen molar-refractivity contribution >= 4 is 0 Å². The van der Waals surface area contributed by atoms with Gasteiger partial charge in [-0.15, -0.1) is 0 Å². The van der Waals surface area contributed by atoms with E-state index < -0.39 is 0 Å². The smallest absolute Gasteiger partial charge is 0.0941 e. The first kappa shape index (κ1) is 7.98. The number of hydrogen-bond acceptors (Lipinski definition) is 3. The third-order valence-corrected chi connectivity index (χ3v) is 1.84. The van der Waals surface area contributed by atoms with Crippen LogP contribution in [0.15, 0.2) is 0 Å². The summed E-state index contributed by atoms with van der Waals surface area (Å²) in [5.74, 6) is 4.92. The van der Waals surface area contributed by atoms with E-state index in [0.717, 1.165) is 12.8 Å². The van der Waals surface area contributed by atoms with Gasteiger partial charge in [-0.25, -0.2) is 5.90 Å². The van der Waals surface area contributed by atoms with E-state index >= 15 is 0 Å². The first-order chi connectivity index (χ1) is 4.64. The van der Waals surface area contributed by atoms with E-state index in [1.54, 1.807) is 0 Å². The maximum absolute atomic E-state index is 5.58. The van der Waals surface area contributed by atoms with Crippen molar-refractivity contribution in [1.82, 2.24) is 0 Å². The summed E-state index contributed by atoms with van der Waals surface area (Å²) in [6.45, 7) is 4.69. The molecule has 1 unspecified atom stereocenters. The first-order valence-corrected chi connectivity index (χ1v) is 3.63. The molecule has 0 aromatic heterocycles. The Hall–Kier alpha value is -0.120. The molecule has 0 spiro atoms. The van der Waals surface area contributed by atoms with E-state index in [1.807, 2.05) is 0 Å². The zero-order valence-electron chi connectivity index (χ0n) is 6.59. The third kappa shape index (κ3) is 1.94. The number of rotatable bonds is 2. The van der Waals surface area contributed by atoms with Gasteiger partial charge in [-0.05, 0) is 26.7 Å². The zero-order valence-corrected chi connectivity index (χ0v) is 6.59. The highest BCUT2D eigenvalue weighted by Gasteiger charge is 2.31. The molecule has 0 bridgehead atoms. The summed E-state index contributed by atoms with van der Waals surface area (Å²) in [6.07, 6.45) is 2.37. The lowest BCUT2D eigenvalue weighted by atomic mass is 10.1. The molecule has 0 aliphatic carbocycles. The Bertz CT molecular complexity index is 114. The molecular formula is C7H15NO2. The van der Waals surface area contributed by atoms with Crippen molar-refractivity contribution in [3.63, 3.8) is 0 Å². The molecule has 0 aromatic carbocycles. The molecule has 1 aliphatic heterocycles. The second kappa shape index (κ2) is 2.86. The minimum Gasteiger partial charge on any atom is -0.370 e. The summed E-state index contributed by atoms with van der Waals surface area (Å²) >= 11 is 0. The molecule has 1 fully saturated rings. The standard InChI is InChI=1S/C7H15NO2/c1-7(2)4-3-6(10-7)5-9-8/h6H,3-5,8H2,1-2H3. The van der Waals surface area contributed by atoms with Crippen molar-refractivity contribution in [3.8, 4) is 0 Å². The summed E-state index contributed by atoms with van der Waals surface area (Å²) in [5.41, 5.74) is 0.0309. The van der Waals surface area contributed by atoms with Crippen LogP contribution >= 0.6 is 0 Å². The molecule has 1 saturated heterocycles. The van der Waals surface area contributed by atoms with E-state index in [1.165, 1.54) is 0 Å². The molecule has 0 saturated carbocycles. The summed E-state index contributed by atoms with van der Waals surface area (Å²) in [4.78, 5) is 4.49. The zero-order chi connectivity index (χ0) is 7.61. The fourth-order valence-corrected chi connectivity index (χ4v) is 1.30. The van der Waals surface area contributed by atoms with E-state index in [2.05, 4.69) is 18.7 Å². The van der Waals surface area contributed by atoms with Crippen LogP contribution in [-0.2, 0) is 9.57 Å². The van der Waals surface area contributed by atoms with E-state index in [0.29, 0.717) is 6.61 Å². The quantitative estimate of drug-likeness (QED) is 0.585. The van der Waals surface area contributed by atoms with Crippen LogP contribution in [0.25, 0.3) is 0 Å². The average molecular weight is 145 g/mol. The largest absolute Gasteiger partial charge is 0.370 e. The lowest BCUT2D eigenvalue weighted by Gasteiger charge is -2.18. The van der Waals surface area contributed by atoms with Gasteiger partial charge in [-0.3, -0.25) is 0 Å². The molecular weight excluding hydrogens is 130 g/mol. The van der Waals surface area contributed by atoms with Crippen LogP contribution in [0, 0.1) is 0 Å². The van der Waals surface area contributed by atoms with Crippen LogP contribution in [0.1, 0.15) is 26.7 Å². The predicted octanol–water partition coefficient (Wildman–Crippen LogP) is 0.834. The van der Waals surface area contributed by atoms with Crippen molar-refractivity contribution in [2.75, 3.05) is 6.61 Å². The maximum Gasteiger partial charge on any atom is 0.0941 e. The van der Waals surface area contributed by atoms with Crippen LogP contribution in [0.2, 0.25) is 0 Å². The Kier molecular flexibility index (Phi) is 2.28. The minimum atomic E-state index is 0.0309. The van der Waals surface area contributed by atoms with Crippen LogP contribution in [0.5, 0.6) is 0 Å². The van der Waals surface area contributed by atoms with E-state index in [9.17, 15) is 0 Å². The SMILES string of the molecule is CC1(C)CCC(CON)O1. The summed E-state index contributed by atoms with van der Waals surface area (Å²) in [6, 6.07) is 0. The molecule has 60 valence electrons. The van der Waals surface area contributed by atoms with Crippen molar-refractivity contribution in [1.29, 1.82) is 0 Å². The number of hydrogen-bond donors (Lipinski definition) is 1. The van der Waals surface area contributed by atoms with Gasteiger partial charge in [-0.2, -0.15) is 0 Å². The van der Waals surface area contributed by atoms with Crippen molar-refractivity contribution in [2.45, 2.75) is 38.4 Å². The predicted molar refractivity (Wildman–Crippen MR) is 38.3 cm³/mol. The van der Waals surface area contributed by atoms with Gasteiger partial charge >= 0.3 is 0 Å². The Morgan fingerprint density at radius 1 is 1.70 bits per heavy atom. The van der Waals surface area contributed by atoms with Gasteiger partial charge in [0.15, 0.2) is 0 Å². The molecule has 1 aliphatic rings. The topological polar surface area (TPSA) is 44.5 Å². The number of nitrogens with two attached hydrogens (primary N) is 1. The van der Waals surface area contributed by atoms with Gasteiger partial charge in [0.2, 0.25) is 0 Å². The van der Waals surface area contributed by atoms with Crippen LogP contribution in [0.3, 0.4) is 0 Å². The minimum absolute atomic E-state index is 0.0309. The van der Waals surface area contributed by atoms with Crippen molar-refractivity contribution in [2.24, 2.45) is 5.90 Å². The summed E-state index contributed by atoms with van der Waals surface area (Å²) in [7, 11) is 0. The highest BCUT2D eigenvalue weighted by molar-refractivity contribution is 4.80. The molecule has 1 heterocycles. The van der Waals surface area contributed by atoms with Crippen LogP contribution in [-0.4, -0.2) is 18.3 Å². The van der Waals surface area contributed by atoms with Gasteiger partial charge in [0.1, 0.15) is 0 Å². The Morgan fingerprint density at radius 2 is 2.40 bits per heavy atom. The second-order valence-corrected chi connectivity index (χ2v) is 3.37. The molecule has 0 amide bonds. The molecule has 10 heavy (non-hydrogen) atoms. The van der Waals surface area contributed by atoms with Crippen LogP contribution in [0.4, 0.5) is 0 Å². The Balaban J connectivity index is 2.29. The first-order valence-electron chi connectivity index (χ1n) is 3.63. The highest BCUT2D eigenvalue weighted by atomic mass is 16.6. The molecule has 0 radical (unpaired) electrons. The molecule has 1 rings (SSSR count). The Morgan fingerprint density at radius 3 is 2.80 bits per heavy atom. The second-order valence-electron chi connectivity index (χ2n) is 3.37. The van der Waals surface area contributed by atoms with Gasteiger partial charge in [-0.1, -0.05) is 0 Å².